The van der Waals surface area contributed by atoms with Crippen molar-refractivity contribution in [1.82, 2.24) is 19.6 Å². The van der Waals surface area contributed by atoms with Crippen LogP contribution in [0.5, 0.6) is 0 Å². The van der Waals surface area contributed by atoms with Gasteiger partial charge in [-0.25, -0.2) is 18.4 Å². The summed E-state index contributed by atoms with van der Waals surface area (Å²) >= 11 is 0. The second-order valence-corrected chi connectivity index (χ2v) is 9.10. The van der Waals surface area contributed by atoms with Gasteiger partial charge in [0.15, 0.2) is 0 Å². The predicted octanol–water partition coefficient (Wildman–Crippen LogP) is 1.000. The van der Waals surface area contributed by atoms with Crippen LogP contribution in [-0.2, 0) is 10.0 Å². The molecule has 1 aliphatic carbocycles. The molecule has 8 heteroatoms. The molecular formula is C16H24N4O3S. The van der Waals surface area contributed by atoms with Gasteiger partial charge >= 0.3 is 0 Å². The van der Waals surface area contributed by atoms with Crippen molar-refractivity contribution in [2.45, 2.75) is 38.6 Å². The average Bonchev–Trinajstić information content (AvgIpc) is 3.27. The van der Waals surface area contributed by atoms with Gasteiger partial charge in [-0.05, 0) is 30.7 Å². The van der Waals surface area contributed by atoms with Crippen molar-refractivity contribution in [1.29, 1.82) is 0 Å². The Balaban J connectivity index is 1.74. The summed E-state index contributed by atoms with van der Waals surface area (Å²) in [6.45, 7) is 4.78. The number of aromatic nitrogens is 2. The van der Waals surface area contributed by atoms with Gasteiger partial charge in [0.05, 0.1) is 6.26 Å². The van der Waals surface area contributed by atoms with Crippen LogP contribution in [0.2, 0.25) is 0 Å². The average molecular weight is 352 g/mol. The molecule has 1 amide bonds. The summed E-state index contributed by atoms with van der Waals surface area (Å²) in [7, 11) is -3.24. The summed E-state index contributed by atoms with van der Waals surface area (Å²) in [5.41, 5.74) is 0.334. The van der Waals surface area contributed by atoms with E-state index < -0.39 is 10.0 Å². The van der Waals surface area contributed by atoms with E-state index in [2.05, 4.69) is 15.3 Å². The lowest BCUT2D eigenvalue weighted by Gasteiger charge is -2.19. The maximum atomic E-state index is 12.6. The summed E-state index contributed by atoms with van der Waals surface area (Å²) in [5.74, 6) is 1.22. The van der Waals surface area contributed by atoms with Crippen molar-refractivity contribution in [2.24, 2.45) is 11.8 Å². The normalized spacial score (nSPS) is 25.2. The molecule has 24 heavy (non-hydrogen) atoms. The molecule has 0 radical (unpaired) electrons. The molecule has 1 aromatic heterocycles. The maximum Gasteiger partial charge on any atom is 0.270 e. The molecular weight excluding hydrogens is 328 g/mol. The number of hydrogen-bond acceptors (Lipinski definition) is 5. The van der Waals surface area contributed by atoms with E-state index in [1.54, 1.807) is 12.3 Å². The smallest absolute Gasteiger partial charge is 0.270 e. The van der Waals surface area contributed by atoms with E-state index in [1.165, 1.54) is 10.6 Å². The number of amides is 1. The Kier molecular flexibility index (Phi) is 4.61. The van der Waals surface area contributed by atoms with Gasteiger partial charge in [0.1, 0.15) is 11.5 Å². The molecule has 0 unspecified atom stereocenters. The van der Waals surface area contributed by atoms with Crippen LogP contribution < -0.4 is 5.32 Å². The first-order valence-corrected chi connectivity index (χ1v) is 10.2. The quantitative estimate of drug-likeness (QED) is 0.853. The van der Waals surface area contributed by atoms with Gasteiger partial charge < -0.3 is 5.32 Å². The van der Waals surface area contributed by atoms with Gasteiger partial charge in [-0.2, -0.15) is 4.31 Å². The van der Waals surface area contributed by atoms with Crippen molar-refractivity contribution in [3.05, 3.63) is 23.8 Å². The molecule has 0 spiro atoms. The zero-order valence-electron chi connectivity index (χ0n) is 14.3. The summed E-state index contributed by atoms with van der Waals surface area (Å²) in [4.78, 5) is 21.0. The van der Waals surface area contributed by atoms with Gasteiger partial charge in [0.25, 0.3) is 5.91 Å². The van der Waals surface area contributed by atoms with Crippen LogP contribution >= 0.6 is 0 Å². The minimum Gasteiger partial charge on any atom is -0.346 e. The number of rotatable bonds is 5. The van der Waals surface area contributed by atoms with E-state index in [0.29, 0.717) is 30.5 Å². The topological polar surface area (TPSA) is 92.3 Å². The number of hydrogen-bond donors (Lipinski definition) is 1. The zero-order valence-corrected chi connectivity index (χ0v) is 15.1. The van der Waals surface area contributed by atoms with E-state index in [0.717, 1.165) is 12.8 Å². The molecule has 2 aliphatic rings. The molecule has 1 saturated carbocycles. The lowest BCUT2D eigenvalue weighted by molar-refractivity contribution is 0.0923. The van der Waals surface area contributed by atoms with E-state index >= 15 is 0 Å². The van der Waals surface area contributed by atoms with Gasteiger partial charge in [0.2, 0.25) is 10.0 Å². The molecule has 132 valence electrons. The zero-order chi connectivity index (χ0) is 17.5. The van der Waals surface area contributed by atoms with Crippen LogP contribution in [0.3, 0.4) is 0 Å². The van der Waals surface area contributed by atoms with Gasteiger partial charge in [-0.1, -0.05) is 13.8 Å². The summed E-state index contributed by atoms with van der Waals surface area (Å²) in [6, 6.07) is 1.44. The first-order chi connectivity index (χ1) is 11.3. The number of sulfonamides is 1. The molecule has 0 bridgehead atoms. The first kappa shape index (κ1) is 17.3. The lowest BCUT2D eigenvalue weighted by atomic mass is 9.98. The highest BCUT2D eigenvalue weighted by Crippen LogP contribution is 2.41. The SMILES string of the molecule is CC(C)c1nccc(C(=O)N[C@H]2CN(S(C)(=O)=O)C[C@@H]2C2CC2)n1. The Morgan fingerprint density at radius 2 is 2.04 bits per heavy atom. The van der Waals surface area contributed by atoms with Gasteiger partial charge in [-0.3, -0.25) is 4.79 Å². The largest absolute Gasteiger partial charge is 0.346 e. The molecule has 1 N–H and O–H groups in total. The second-order valence-electron chi connectivity index (χ2n) is 7.12. The maximum absolute atomic E-state index is 12.6. The van der Waals surface area contributed by atoms with Crippen molar-refractivity contribution in [2.75, 3.05) is 19.3 Å². The molecule has 1 aliphatic heterocycles. The van der Waals surface area contributed by atoms with Crippen LogP contribution in [0.15, 0.2) is 12.3 Å². The van der Waals surface area contributed by atoms with Crippen molar-refractivity contribution in [3.8, 4) is 0 Å². The minimum atomic E-state index is -3.24. The van der Waals surface area contributed by atoms with Crippen molar-refractivity contribution in [3.63, 3.8) is 0 Å². The highest BCUT2D eigenvalue weighted by atomic mass is 32.2. The predicted molar refractivity (Wildman–Crippen MR) is 90.0 cm³/mol. The van der Waals surface area contributed by atoms with Crippen molar-refractivity contribution < 1.29 is 13.2 Å². The number of nitrogens with zero attached hydrogens (tertiary/aromatic N) is 3. The molecule has 2 fully saturated rings. The Labute approximate surface area is 142 Å². The molecule has 2 heterocycles. The summed E-state index contributed by atoms with van der Waals surface area (Å²) < 4.78 is 25.1. The van der Waals surface area contributed by atoms with Crippen molar-refractivity contribution >= 4 is 15.9 Å². The third kappa shape index (κ3) is 3.75. The van der Waals surface area contributed by atoms with Crippen LogP contribution in [0.4, 0.5) is 0 Å². The van der Waals surface area contributed by atoms with E-state index in [4.69, 9.17) is 0 Å². The second kappa shape index (κ2) is 6.40. The number of carbonyl (C=O) groups excluding carboxylic acids is 1. The molecule has 1 saturated heterocycles. The Morgan fingerprint density at radius 3 is 2.62 bits per heavy atom. The molecule has 0 aromatic carbocycles. The fourth-order valence-corrected chi connectivity index (χ4v) is 4.11. The first-order valence-electron chi connectivity index (χ1n) is 8.34. The number of carbonyl (C=O) groups is 1. The lowest BCUT2D eigenvalue weighted by Crippen LogP contribution is -2.42. The number of nitrogens with one attached hydrogen (secondary N) is 1. The van der Waals surface area contributed by atoms with Gasteiger partial charge in [-0.15, -0.1) is 0 Å². The summed E-state index contributed by atoms with van der Waals surface area (Å²) in [6.07, 6.45) is 5.03. The van der Waals surface area contributed by atoms with Crippen LogP contribution in [0.25, 0.3) is 0 Å². The molecule has 2 atom stereocenters. The Bertz CT molecular complexity index is 731. The van der Waals surface area contributed by atoms with E-state index in [-0.39, 0.29) is 23.8 Å². The molecule has 1 aromatic rings. The monoisotopic (exact) mass is 352 g/mol. The van der Waals surface area contributed by atoms with E-state index in [1.807, 2.05) is 13.8 Å². The Morgan fingerprint density at radius 1 is 1.33 bits per heavy atom. The third-order valence-corrected chi connectivity index (χ3v) is 6.00. The van der Waals surface area contributed by atoms with Crippen LogP contribution in [0, 0.1) is 11.8 Å². The fourth-order valence-electron chi connectivity index (χ4n) is 3.24. The molecule has 7 nitrogen and oxygen atoms in total. The Hall–Kier alpha value is -1.54. The van der Waals surface area contributed by atoms with Crippen LogP contribution in [0.1, 0.15) is 48.9 Å². The highest BCUT2D eigenvalue weighted by Gasteiger charge is 2.45. The highest BCUT2D eigenvalue weighted by molar-refractivity contribution is 7.88. The standard InChI is InChI=1S/C16H24N4O3S/c1-10(2)15-17-7-6-13(18-15)16(21)19-14-9-20(24(3,22)23)8-12(14)11-4-5-11/h6-7,10-12,14H,4-5,8-9H2,1-3H3,(H,19,21)/t12-,14+/m1/s1. The summed E-state index contributed by atoms with van der Waals surface area (Å²) in [5, 5.41) is 3.00. The van der Waals surface area contributed by atoms with Crippen LogP contribution in [-0.4, -0.2) is 54.0 Å². The van der Waals surface area contributed by atoms with Gasteiger partial charge in [0, 0.05) is 31.2 Å². The van der Waals surface area contributed by atoms with E-state index in [9.17, 15) is 13.2 Å². The third-order valence-electron chi connectivity index (χ3n) is 4.77. The molecule has 3 rings (SSSR count). The fraction of sp³-hybridized carbons (Fsp3) is 0.688. The minimum absolute atomic E-state index is 0.143.